The van der Waals surface area contributed by atoms with Gasteiger partial charge in [-0.3, -0.25) is 0 Å². The Hall–Kier alpha value is -2.90. The van der Waals surface area contributed by atoms with E-state index in [2.05, 4.69) is 10.3 Å². The van der Waals surface area contributed by atoms with E-state index in [1.807, 2.05) is 0 Å². The number of benzene rings is 1. The van der Waals surface area contributed by atoms with Crippen molar-refractivity contribution >= 4 is 12.1 Å². The number of hydrogen-bond donors (Lipinski definition) is 1. The average Bonchev–Trinajstić information content (AvgIpc) is 3.00. The lowest BCUT2D eigenvalue weighted by molar-refractivity contribution is -0.147. The van der Waals surface area contributed by atoms with Gasteiger partial charge in [0.2, 0.25) is 5.89 Å². The van der Waals surface area contributed by atoms with Crippen molar-refractivity contribution in [3.63, 3.8) is 0 Å². The number of alkyl carbamates (subject to hydrolysis) is 1. The first-order valence-electron chi connectivity index (χ1n) is 8.01. The summed E-state index contributed by atoms with van der Waals surface area (Å²) in [6, 6.07) is 4.83. The van der Waals surface area contributed by atoms with Crippen LogP contribution in [0.25, 0.3) is 11.3 Å². The molecule has 1 atom stereocenters. The summed E-state index contributed by atoms with van der Waals surface area (Å²) in [6.45, 7) is 6.44. The molecule has 0 saturated heterocycles. The molecule has 2 aromatic rings. The summed E-state index contributed by atoms with van der Waals surface area (Å²) in [5.41, 5.74) is -0.0147. The fourth-order valence-corrected chi connectivity index (χ4v) is 1.93. The van der Waals surface area contributed by atoms with Crippen molar-refractivity contribution in [3.05, 3.63) is 42.2 Å². The third-order valence-electron chi connectivity index (χ3n) is 3.11. The van der Waals surface area contributed by atoms with Crippen molar-refractivity contribution in [3.8, 4) is 11.3 Å². The van der Waals surface area contributed by atoms with E-state index in [9.17, 15) is 14.0 Å². The molecule has 0 aliphatic carbocycles. The predicted octanol–water partition coefficient (Wildman–Crippen LogP) is 3.44. The van der Waals surface area contributed by atoms with Gasteiger partial charge in [-0.15, -0.1) is 0 Å². The van der Waals surface area contributed by atoms with E-state index in [0.29, 0.717) is 11.3 Å². The van der Waals surface area contributed by atoms with Gasteiger partial charge in [0.25, 0.3) is 0 Å². The summed E-state index contributed by atoms with van der Waals surface area (Å²) in [7, 11) is 0. The summed E-state index contributed by atoms with van der Waals surface area (Å²) < 4.78 is 28.5. The second-order valence-electron chi connectivity index (χ2n) is 6.60. The number of oxazole rings is 1. The molecule has 1 unspecified atom stereocenters. The van der Waals surface area contributed by atoms with Gasteiger partial charge < -0.3 is 19.2 Å². The third kappa shape index (κ3) is 5.87. The van der Waals surface area contributed by atoms with Crippen molar-refractivity contribution in [2.75, 3.05) is 0 Å². The number of carbonyl (C=O) groups is 2. The Bertz CT molecular complexity index is 765. The van der Waals surface area contributed by atoms with Crippen LogP contribution in [-0.2, 0) is 20.9 Å². The van der Waals surface area contributed by atoms with Gasteiger partial charge in [0.1, 0.15) is 17.5 Å². The minimum absolute atomic E-state index is 0.183. The SMILES string of the molecule is CC(NC(=O)OC(C)(C)C)C(=O)OCc1ncc(-c2ccc(F)cc2)o1. The maximum atomic E-state index is 12.9. The standard InChI is InChI=1S/C18H21FN2O5/c1-11(21-17(23)26-18(2,3)4)16(22)24-10-15-20-9-14(25-15)12-5-7-13(19)8-6-12/h5-9,11H,10H2,1-4H3,(H,21,23). The van der Waals surface area contributed by atoms with Crippen LogP contribution in [0.3, 0.4) is 0 Å². The van der Waals surface area contributed by atoms with Gasteiger partial charge in [-0.25, -0.2) is 19.0 Å². The number of nitrogens with zero attached hydrogens (tertiary/aromatic N) is 1. The molecule has 0 aliphatic rings. The van der Waals surface area contributed by atoms with E-state index < -0.39 is 23.7 Å². The summed E-state index contributed by atoms with van der Waals surface area (Å²) in [5.74, 6) is -0.399. The van der Waals surface area contributed by atoms with Gasteiger partial charge in [-0.2, -0.15) is 0 Å². The number of halogens is 1. The maximum absolute atomic E-state index is 12.9. The smallest absolute Gasteiger partial charge is 0.408 e. The molecule has 8 heteroatoms. The van der Waals surface area contributed by atoms with E-state index in [-0.39, 0.29) is 18.3 Å². The molecule has 1 aromatic carbocycles. The number of carbonyl (C=O) groups excluding carboxylic acids is 2. The highest BCUT2D eigenvalue weighted by atomic mass is 19.1. The lowest BCUT2D eigenvalue weighted by Gasteiger charge is -2.21. The Balaban J connectivity index is 1.85. The van der Waals surface area contributed by atoms with E-state index in [0.717, 1.165) is 0 Å². The highest BCUT2D eigenvalue weighted by Crippen LogP contribution is 2.21. The molecule has 0 radical (unpaired) electrons. The Morgan fingerprint density at radius 3 is 2.54 bits per heavy atom. The van der Waals surface area contributed by atoms with Crippen molar-refractivity contribution in [1.29, 1.82) is 0 Å². The number of hydrogen-bond acceptors (Lipinski definition) is 6. The fourth-order valence-electron chi connectivity index (χ4n) is 1.93. The number of ether oxygens (including phenoxy) is 2. The predicted molar refractivity (Wildman–Crippen MR) is 90.5 cm³/mol. The van der Waals surface area contributed by atoms with Gasteiger partial charge in [-0.1, -0.05) is 0 Å². The van der Waals surface area contributed by atoms with Crippen molar-refractivity contribution in [2.24, 2.45) is 0 Å². The second kappa shape index (κ2) is 7.99. The van der Waals surface area contributed by atoms with E-state index >= 15 is 0 Å². The molecule has 0 spiro atoms. The Labute approximate surface area is 150 Å². The highest BCUT2D eigenvalue weighted by molar-refractivity contribution is 5.81. The lowest BCUT2D eigenvalue weighted by Crippen LogP contribution is -2.42. The molecule has 26 heavy (non-hydrogen) atoms. The Morgan fingerprint density at radius 2 is 1.92 bits per heavy atom. The minimum Gasteiger partial charge on any atom is -0.454 e. The highest BCUT2D eigenvalue weighted by Gasteiger charge is 2.22. The Kier molecular flexibility index (Phi) is 5.97. The summed E-state index contributed by atoms with van der Waals surface area (Å²) in [4.78, 5) is 27.6. The minimum atomic E-state index is -0.892. The van der Waals surface area contributed by atoms with Crippen LogP contribution in [0.15, 0.2) is 34.9 Å². The first-order valence-corrected chi connectivity index (χ1v) is 8.01. The zero-order valence-corrected chi connectivity index (χ0v) is 15.0. The quantitative estimate of drug-likeness (QED) is 0.818. The van der Waals surface area contributed by atoms with Crippen molar-refractivity contribution in [2.45, 2.75) is 45.9 Å². The molecule has 1 N–H and O–H groups in total. The van der Waals surface area contributed by atoms with Crippen molar-refractivity contribution < 1.29 is 27.9 Å². The molecule has 1 amide bonds. The van der Waals surface area contributed by atoms with Crippen LogP contribution in [0.2, 0.25) is 0 Å². The number of nitrogens with one attached hydrogen (secondary N) is 1. The number of rotatable bonds is 5. The molecule has 0 fully saturated rings. The first-order chi connectivity index (χ1) is 12.1. The summed E-state index contributed by atoms with van der Waals surface area (Å²) in [6.07, 6.45) is 0.746. The van der Waals surface area contributed by atoms with E-state index in [1.165, 1.54) is 25.3 Å². The number of aromatic nitrogens is 1. The summed E-state index contributed by atoms with van der Waals surface area (Å²) >= 11 is 0. The average molecular weight is 364 g/mol. The largest absolute Gasteiger partial charge is 0.454 e. The molecular formula is C18H21FN2O5. The van der Waals surface area contributed by atoms with Crippen LogP contribution in [0.1, 0.15) is 33.6 Å². The van der Waals surface area contributed by atoms with Gasteiger partial charge >= 0.3 is 12.1 Å². The molecule has 0 aliphatic heterocycles. The van der Waals surface area contributed by atoms with Crippen LogP contribution in [0, 0.1) is 5.82 Å². The normalized spacial score (nSPS) is 12.3. The van der Waals surface area contributed by atoms with Crippen LogP contribution in [0.4, 0.5) is 9.18 Å². The third-order valence-corrected chi connectivity index (χ3v) is 3.11. The Morgan fingerprint density at radius 1 is 1.27 bits per heavy atom. The molecule has 1 heterocycles. The number of amides is 1. The number of esters is 1. The first kappa shape index (κ1) is 19.4. The van der Waals surface area contributed by atoms with Crippen LogP contribution >= 0.6 is 0 Å². The van der Waals surface area contributed by atoms with E-state index in [1.54, 1.807) is 32.9 Å². The lowest BCUT2D eigenvalue weighted by atomic mass is 10.2. The zero-order valence-electron chi connectivity index (χ0n) is 15.0. The topological polar surface area (TPSA) is 90.7 Å². The van der Waals surface area contributed by atoms with Crippen LogP contribution < -0.4 is 5.32 Å². The molecular weight excluding hydrogens is 343 g/mol. The van der Waals surface area contributed by atoms with Gasteiger partial charge in [0, 0.05) is 5.56 Å². The molecule has 140 valence electrons. The summed E-state index contributed by atoms with van der Waals surface area (Å²) in [5, 5.41) is 2.39. The van der Waals surface area contributed by atoms with Gasteiger partial charge in [0.05, 0.1) is 6.20 Å². The fraction of sp³-hybridized carbons (Fsp3) is 0.389. The second-order valence-corrected chi connectivity index (χ2v) is 6.60. The molecule has 0 bridgehead atoms. The molecule has 1 aromatic heterocycles. The molecule has 2 rings (SSSR count). The van der Waals surface area contributed by atoms with E-state index in [4.69, 9.17) is 13.9 Å². The molecule has 0 saturated carbocycles. The van der Waals surface area contributed by atoms with Crippen LogP contribution in [0.5, 0.6) is 0 Å². The monoisotopic (exact) mass is 364 g/mol. The van der Waals surface area contributed by atoms with Gasteiger partial charge in [0.15, 0.2) is 12.4 Å². The maximum Gasteiger partial charge on any atom is 0.408 e. The van der Waals surface area contributed by atoms with Crippen molar-refractivity contribution in [1.82, 2.24) is 10.3 Å². The zero-order chi connectivity index (χ0) is 19.3. The van der Waals surface area contributed by atoms with Gasteiger partial charge in [-0.05, 0) is 52.0 Å². The van der Waals surface area contributed by atoms with Crippen LogP contribution in [-0.4, -0.2) is 28.7 Å². The molecule has 7 nitrogen and oxygen atoms in total.